The molecule has 21 heavy (non-hydrogen) atoms. The van der Waals surface area contributed by atoms with Gasteiger partial charge in [-0.15, -0.1) is 10.2 Å². The second-order valence-electron chi connectivity index (χ2n) is 5.34. The van der Waals surface area contributed by atoms with Crippen LogP contribution < -0.4 is 5.32 Å². The molecule has 1 aliphatic rings. The van der Waals surface area contributed by atoms with Crippen LogP contribution in [-0.2, 0) is 12.8 Å². The molecular weight excluding hydrogens is 287 g/mol. The summed E-state index contributed by atoms with van der Waals surface area (Å²) in [4.78, 5) is 0. The van der Waals surface area contributed by atoms with E-state index >= 15 is 0 Å². The second kappa shape index (κ2) is 6.58. The summed E-state index contributed by atoms with van der Waals surface area (Å²) < 4.78 is 15.3. The van der Waals surface area contributed by atoms with Crippen molar-refractivity contribution in [2.75, 3.05) is 13.1 Å². The van der Waals surface area contributed by atoms with Crippen LogP contribution in [0.4, 0.5) is 4.39 Å². The van der Waals surface area contributed by atoms with Gasteiger partial charge in [0.1, 0.15) is 11.6 Å². The van der Waals surface area contributed by atoms with Gasteiger partial charge < -0.3 is 9.88 Å². The second-order valence-corrected chi connectivity index (χ2v) is 6.29. The van der Waals surface area contributed by atoms with Crippen LogP contribution in [0.5, 0.6) is 0 Å². The summed E-state index contributed by atoms with van der Waals surface area (Å²) in [6.07, 6.45) is 2.22. The lowest BCUT2D eigenvalue weighted by atomic mass is 9.97. The predicted octanol–water partition coefficient (Wildman–Crippen LogP) is 2.71. The first-order chi connectivity index (χ1) is 10.2. The Morgan fingerprint density at radius 1 is 1.33 bits per heavy atom. The van der Waals surface area contributed by atoms with E-state index in [0.717, 1.165) is 42.5 Å². The van der Waals surface area contributed by atoms with Crippen LogP contribution in [-0.4, -0.2) is 27.9 Å². The van der Waals surface area contributed by atoms with Crippen LogP contribution in [0, 0.1) is 5.82 Å². The molecular formula is C15H19FN4S. The third-order valence-corrected chi connectivity index (χ3v) is 4.92. The Morgan fingerprint density at radius 3 is 2.90 bits per heavy atom. The number of nitrogens with zero attached hydrogens (tertiary/aromatic N) is 3. The minimum absolute atomic E-state index is 0.193. The molecule has 0 aliphatic carbocycles. The molecule has 0 saturated carbocycles. The molecule has 1 aromatic carbocycles. The molecule has 4 nitrogen and oxygen atoms in total. The fourth-order valence-electron chi connectivity index (χ4n) is 2.66. The van der Waals surface area contributed by atoms with E-state index in [9.17, 15) is 4.39 Å². The van der Waals surface area contributed by atoms with Crippen LogP contribution in [0.3, 0.4) is 0 Å². The van der Waals surface area contributed by atoms with E-state index in [1.807, 2.05) is 13.1 Å². The molecule has 0 radical (unpaired) electrons. The topological polar surface area (TPSA) is 42.7 Å². The van der Waals surface area contributed by atoms with Gasteiger partial charge in [-0.05, 0) is 43.6 Å². The molecule has 1 aliphatic heterocycles. The fraction of sp³-hybridized carbons (Fsp3) is 0.467. The van der Waals surface area contributed by atoms with Gasteiger partial charge in [0.2, 0.25) is 0 Å². The Kier molecular flexibility index (Phi) is 4.55. The number of thioether (sulfide) groups is 1. The minimum atomic E-state index is -0.193. The highest BCUT2D eigenvalue weighted by Gasteiger charge is 2.21. The largest absolute Gasteiger partial charge is 0.317 e. The van der Waals surface area contributed by atoms with Crippen molar-refractivity contribution >= 4 is 11.8 Å². The number of halogens is 1. The number of piperidine rings is 1. The van der Waals surface area contributed by atoms with Crippen LogP contribution in [0.15, 0.2) is 29.4 Å². The summed E-state index contributed by atoms with van der Waals surface area (Å²) in [6.45, 7) is 2.09. The normalized spacial score (nSPS) is 16.3. The average Bonchev–Trinajstić information content (AvgIpc) is 2.87. The average molecular weight is 306 g/mol. The van der Waals surface area contributed by atoms with Crippen molar-refractivity contribution in [1.82, 2.24) is 20.1 Å². The highest BCUT2D eigenvalue weighted by Crippen LogP contribution is 2.27. The van der Waals surface area contributed by atoms with Crippen LogP contribution >= 0.6 is 11.8 Å². The van der Waals surface area contributed by atoms with Crippen LogP contribution in [0.2, 0.25) is 0 Å². The zero-order valence-corrected chi connectivity index (χ0v) is 12.9. The Labute approximate surface area is 128 Å². The van der Waals surface area contributed by atoms with Gasteiger partial charge in [-0.3, -0.25) is 0 Å². The molecule has 2 aromatic rings. The fourth-order valence-corrected chi connectivity index (χ4v) is 3.52. The Bertz CT molecular complexity index is 607. The van der Waals surface area contributed by atoms with Crippen molar-refractivity contribution < 1.29 is 4.39 Å². The smallest absolute Gasteiger partial charge is 0.191 e. The van der Waals surface area contributed by atoms with Crippen molar-refractivity contribution in [3.63, 3.8) is 0 Å². The number of hydrogen-bond donors (Lipinski definition) is 1. The molecule has 0 spiro atoms. The van der Waals surface area contributed by atoms with Gasteiger partial charge in [0.15, 0.2) is 5.16 Å². The molecule has 3 rings (SSSR count). The number of aromatic nitrogens is 3. The van der Waals surface area contributed by atoms with Crippen molar-refractivity contribution in [2.24, 2.45) is 7.05 Å². The van der Waals surface area contributed by atoms with Crippen LogP contribution in [0.1, 0.15) is 30.1 Å². The van der Waals surface area contributed by atoms with Gasteiger partial charge in [-0.1, -0.05) is 23.9 Å². The third-order valence-electron chi connectivity index (χ3n) is 3.83. The lowest BCUT2D eigenvalue weighted by Crippen LogP contribution is -2.27. The first-order valence-electron chi connectivity index (χ1n) is 7.21. The number of rotatable bonds is 4. The first-order valence-corrected chi connectivity index (χ1v) is 8.20. The van der Waals surface area contributed by atoms with E-state index in [4.69, 9.17) is 0 Å². The third kappa shape index (κ3) is 3.44. The summed E-state index contributed by atoms with van der Waals surface area (Å²) in [7, 11) is 2.02. The maximum Gasteiger partial charge on any atom is 0.191 e. The predicted molar refractivity (Wildman–Crippen MR) is 81.8 cm³/mol. The lowest BCUT2D eigenvalue weighted by molar-refractivity contribution is 0.434. The molecule has 1 aromatic heterocycles. The van der Waals surface area contributed by atoms with E-state index in [1.54, 1.807) is 23.9 Å². The summed E-state index contributed by atoms with van der Waals surface area (Å²) in [5, 5.41) is 12.9. The first kappa shape index (κ1) is 14.5. The molecule has 2 heterocycles. The Morgan fingerprint density at radius 2 is 2.14 bits per heavy atom. The molecule has 0 amide bonds. The monoisotopic (exact) mass is 306 g/mol. The van der Waals surface area contributed by atoms with E-state index in [1.165, 1.54) is 6.07 Å². The summed E-state index contributed by atoms with van der Waals surface area (Å²) >= 11 is 1.60. The highest BCUT2D eigenvalue weighted by molar-refractivity contribution is 7.98. The SMILES string of the molecule is Cn1c(SCc2cccc(F)c2)nnc1C1CCNCC1. The van der Waals surface area contributed by atoms with Crippen LogP contribution in [0.25, 0.3) is 0 Å². The van der Waals surface area contributed by atoms with Crippen molar-refractivity contribution in [3.8, 4) is 0 Å². The molecule has 1 saturated heterocycles. The van der Waals surface area contributed by atoms with E-state index in [2.05, 4.69) is 20.1 Å². The molecule has 1 fully saturated rings. The van der Waals surface area contributed by atoms with E-state index < -0.39 is 0 Å². The standard InChI is InChI=1S/C15H19FN4S/c1-20-14(12-5-7-17-8-6-12)18-19-15(20)21-10-11-3-2-4-13(16)9-11/h2-4,9,12,17H,5-8,10H2,1H3. The van der Waals surface area contributed by atoms with E-state index in [0.29, 0.717) is 11.7 Å². The minimum Gasteiger partial charge on any atom is -0.317 e. The molecule has 0 atom stereocenters. The zero-order valence-electron chi connectivity index (χ0n) is 12.1. The lowest BCUT2D eigenvalue weighted by Gasteiger charge is -2.21. The van der Waals surface area contributed by atoms with Gasteiger partial charge in [-0.2, -0.15) is 0 Å². The highest BCUT2D eigenvalue weighted by atomic mass is 32.2. The maximum absolute atomic E-state index is 13.2. The van der Waals surface area contributed by atoms with Gasteiger partial charge >= 0.3 is 0 Å². The Balaban J connectivity index is 1.67. The van der Waals surface area contributed by atoms with E-state index in [-0.39, 0.29) is 5.82 Å². The number of hydrogen-bond acceptors (Lipinski definition) is 4. The molecule has 6 heteroatoms. The number of benzene rings is 1. The molecule has 1 N–H and O–H groups in total. The van der Waals surface area contributed by atoms with Gasteiger partial charge in [0.05, 0.1) is 0 Å². The molecule has 0 unspecified atom stereocenters. The number of nitrogens with one attached hydrogen (secondary N) is 1. The van der Waals surface area contributed by atoms with Crippen molar-refractivity contribution in [1.29, 1.82) is 0 Å². The molecule has 0 bridgehead atoms. The van der Waals surface area contributed by atoms with Gasteiger partial charge in [0.25, 0.3) is 0 Å². The Hall–Kier alpha value is -1.40. The molecule has 112 valence electrons. The quantitative estimate of drug-likeness (QED) is 0.882. The summed E-state index contributed by atoms with van der Waals surface area (Å²) in [6, 6.07) is 6.70. The van der Waals surface area contributed by atoms with Gasteiger partial charge in [-0.25, -0.2) is 4.39 Å². The van der Waals surface area contributed by atoms with Crippen molar-refractivity contribution in [3.05, 3.63) is 41.5 Å². The maximum atomic E-state index is 13.2. The van der Waals surface area contributed by atoms with Gasteiger partial charge in [0, 0.05) is 18.7 Å². The summed E-state index contributed by atoms with van der Waals surface area (Å²) in [5.41, 5.74) is 0.964. The van der Waals surface area contributed by atoms with Crippen molar-refractivity contribution in [2.45, 2.75) is 29.7 Å². The summed E-state index contributed by atoms with van der Waals surface area (Å²) in [5.74, 6) is 2.07. The zero-order chi connectivity index (χ0) is 14.7.